The molecule has 160 valence electrons. The highest BCUT2D eigenvalue weighted by atomic mass is 16.5. The standard InChI is InChI=1S/C24H25N3O4/c1-30-24(29)15-5-4-6-18(9-15)31-22-11-17-14-27(13-16(17)10-21(22)28)23-12-25-19-7-2-3-8-20(19)26-23/h2-9,12,16-17,21-22,28H,10-11,13-14H2,1H3/t16-,17+,21+,22+/m0/s1. The highest BCUT2D eigenvalue weighted by Gasteiger charge is 2.43. The number of aliphatic hydroxyl groups is 1. The number of hydrogen-bond acceptors (Lipinski definition) is 7. The van der Waals surface area contributed by atoms with Crippen LogP contribution in [-0.4, -0.2) is 53.5 Å². The maximum Gasteiger partial charge on any atom is 0.337 e. The van der Waals surface area contributed by atoms with Gasteiger partial charge in [0.2, 0.25) is 0 Å². The molecule has 7 nitrogen and oxygen atoms in total. The molecule has 31 heavy (non-hydrogen) atoms. The molecule has 0 spiro atoms. The van der Waals surface area contributed by atoms with Crippen LogP contribution >= 0.6 is 0 Å². The average molecular weight is 419 g/mol. The Morgan fingerprint density at radius 1 is 1.06 bits per heavy atom. The summed E-state index contributed by atoms with van der Waals surface area (Å²) in [5.41, 5.74) is 2.22. The van der Waals surface area contributed by atoms with E-state index in [2.05, 4.69) is 9.88 Å². The van der Waals surface area contributed by atoms with Gasteiger partial charge < -0.3 is 19.5 Å². The molecular formula is C24H25N3O4. The maximum absolute atomic E-state index is 11.8. The van der Waals surface area contributed by atoms with E-state index in [0.717, 1.165) is 36.4 Å². The van der Waals surface area contributed by atoms with Gasteiger partial charge in [-0.25, -0.2) is 9.78 Å². The molecule has 3 aromatic rings. The Morgan fingerprint density at radius 2 is 1.84 bits per heavy atom. The van der Waals surface area contributed by atoms with Crippen molar-refractivity contribution in [3.63, 3.8) is 0 Å². The lowest BCUT2D eigenvalue weighted by Gasteiger charge is -2.35. The van der Waals surface area contributed by atoms with Gasteiger partial charge in [0.25, 0.3) is 0 Å². The number of esters is 1. The SMILES string of the molecule is COC(=O)c1cccc(O[C@@H]2C[C@@H]3CN(c4cnc5ccccc5n4)C[C@@H]3C[C@H]2O)c1. The van der Waals surface area contributed by atoms with Crippen LogP contribution in [0.25, 0.3) is 11.0 Å². The van der Waals surface area contributed by atoms with Gasteiger partial charge in [-0.05, 0) is 55.0 Å². The van der Waals surface area contributed by atoms with Crippen molar-refractivity contribution in [1.29, 1.82) is 0 Å². The summed E-state index contributed by atoms with van der Waals surface area (Å²) in [4.78, 5) is 23.4. The largest absolute Gasteiger partial charge is 0.488 e. The van der Waals surface area contributed by atoms with Gasteiger partial charge in [-0.15, -0.1) is 0 Å². The van der Waals surface area contributed by atoms with E-state index in [-0.39, 0.29) is 6.10 Å². The third kappa shape index (κ3) is 3.93. The number of hydrogen-bond donors (Lipinski definition) is 1. The monoisotopic (exact) mass is 419 g/mol. The van der Waals surface area contributed by atoms with Crippen molar-refractivity contribution in [3.8, 4) is 5.75 Å². The van der Waals surface area contributed by atoms with Gasteiger partial charge in [-0.1, -0.05) is 18.2 Å². The topological polar surface area (TPSA) is 84.8 Å². The maximum atomic E-state index is 11.8. The van der Waals surface area contributed by atoms with Crippen molar-refractivity contribution in [1.82, 2.24) is 9.97 Å². The molecule has 5 rings (SSSR count). The Hall–Kier alpha value is -3.19. The molecular weight excluding hydrogens is 394 g/mol. The van der Waals surface area contributed by atoms with E-state index in [0.29, 0.717) is 29.6 Å². The van der Waals surface area contributed by atoms with Crippen LogP contribution in [0.3, 0.4) is 0 Å². The fourth-order valence-corrected chi connectivity index (χ4v) is 4.79. The lowest BCUT2D eigenvalue weighted by Crippen LogP contribution is -2.42. The Bertz CT molecular complexity index is 1100. The molecule has 2 aliphatic rings. The predicted molar refractivity (Wildman–Crippen MR) is 116 cm³/mol. The zero-order valence-corrected chi connectivity index (χ0v) is 17.3. The van der Waals surface area contributed by atoms with Crippen LogP contribution in [0.4, 0.5) is 5.82 Å². The third-order valence-electron chi connectivity index (χ3n) is 6.39. The Kier molecular flexibility index (Phi) is 5.19. The minimum atomic E-state index is -0.550. The number of carbonyl (C=O) groups excluding carboxylic acids is 1. The summed E-state index contributed by atoms with van der Waals surface area (Å²) >= 11 is 0. The number of ether oxygens (including phenoxy) is 2. The number of nitrogens with zero attached hydrogens (tertiary/aromatic N) is 3. The molecule has 7 heteroatoms. The molecule has 2 aromatic carbocycles. The summed E-state index contributed by atoms with van der Waals surface area (Å²) in [6.07, 6.45) is 2.42. The second kappa shape index (κ2) is 8.15. The number of aromatic nitrogens is 2. The molecule has 0 radical (unpaired) electrons. The van der Waals surface area contributed by atoms with Gasteiger partial charge in [0.1, 0.15) is 17.7 Å². The smallest absolute Gasteiger partial charge is 0.337 e. The van der Waals surface area contributed by atoms with Crippen molar-refractivity contribution < 1.29 is 19.4 Å². The van der Waals surface area contributed by atoms with E-state index in [9.17, 15) is 9.90 Å². The van der Waals surface area contributed by atoms with Crippen molar-refractivity contribution >= 4 is 22.8 Å². The molecule has 4 atom stereocenters. The normalized spacial score (nSPS) is 25.3. The second-order valence-electron chi connectivity index (χ2n) is 8.36. The number of methoxy groups -OCH3 is 1. The molecule has 1 N–H and O–H groups in total. The second-order valence-corrected chi connectivity index (χ2v) is 8.36. The van der Waals surface area contributed by atoms with Gasteiger partial charge in [0.15, 0.2) is 0 Å². The minimum Gasteiger partial charge on any atom is -0.488 e. The third-order valence-corrected chi connectivity index (χ3v) is 6.39. The minimum absolute atomic E-state index is 0.309. The van der Waals surface area contributed by atoms with E-state index in [1.165, 1.54) is 7.11 Å². The molecule has 2 fully saturated rings. The summed E-state index contributed by atoms with van der Waals surface area (Å²) in [6.45, 7) is 1.73. The Balaban J connectivity index is 1.29. The summed E-state index contributed by atoms with van der Waals surface area (Å²) in [7, 11) is 1.35. The lowest BCUT2D eigenvalue weighted by molar-refractivity contribution is -0.0231. The molecule has 1 aliphatic heterocycles. The van der Waals surface area contributed by atoms with Gasteiger partial charge in [0.05, 0.1) is 36.0 Å². The van der Waals surface area contributed by atoms with E-state index >= 15 is 0 Å². The van der Waals surface area contributed by atoms with Crippen molar-refractivity contribution in [2.24, 2.45) is 11.8 Å². The van der Waals surface area contributed by atoms with Crippen LogP contribution in [-0.2, 0) is 4.74 Å². The lowest BCUT2D eigenvalue weighted by atomic mass is 9.78. The predicted octanol–water partition coefficient (Wildman–Crippen LogP) is 3.07. The zero-order valence-electron chi connectivity index (χ0n) is 17.3. The highest BCUT2D eigenvalue weighted by Crippen LogP contribution is 2.39. The molecule has 0 bridgehead atoms. The molecule has 0 amide bonds. The van der Waals surface area contributed by atoms with E-state index in [1.54, 1.807) is 24.3 Å². The molecule has 2 heterocycles. The number of rotatable bonds is 4. The first-order valence-corrected chi connectivity index (χ1v) is 10.6. The van der Waals surface area contributed by atoms with Crippen LogP contribution in [0.2, 0.25) is 0 Å². The fraction of sp³-hybridized carbons (Fsp3) is 0.375. The van der Waals surface area contributed by atoms with Crippen molar-refractivity contribution in [2.75, 3.05) is 25.1 Å². The number of para-hydroxylation sites is 2. The van der Waals surface area contributed by atoms with Crippen LogP contribution in [0, 0.1) is 11.8 Å². The van der Waals surface area contributed by atoms with E-state index in [4.69, 9.17) is 14.5 Å². The van der Waals surface area contributed by atoms with Gasteiger partial charge in [-0.2, -0.15) is 0 Å². The number of anilines is 1. The van der Waals surface area contributed by atoms with Crippen LogP contribution in [0.5, 0.6) is 5.75 Å². The van der Waals surface area contributed by atoms with Crippen LogP contribution < -0.4 is 9.64 Å². The molecule has 0 unspecified atom stereocenters. The van der Waals surface area contributed by atoms with Gasteiger partial charge >= 0.3 is 5.97 Å². The van der Waals surface area contributed by atoms with Crippen molar-refractivity contribution in [3.05, 3.63) is 60.3 Å². The number of fused-ring (bicyclic) bond motifs is 2. The Morgan fingerprint density at radius 3 is 2.65 bits per heavy atom. The first-order valence-electron chi connectivity index (χ1n) is 10.6. The number of carbonyl (C=O) groups is 1. The summed E-state index contributed by atoms with van der Waals surface area (Å²) < 4.78 is 10.9. The summed E-state index contributed by atoms with van der Waals surface area (Å²) in [5.74, 6) is 1.85. The summed E-state index contributed by atoms with van der Waals surface area (Å²) in [6, 6.07) is 14.8. The first-order chi connectivity index (χ1) is 15.1. The quantitative estimate of drug-likeness (QED) is 0.651. The van der Waals surface area contributed by atoms with Gasteiger partial charge in [0, 0.05) is 13.1 Å². The molecule has 1 aliphatic carbocycles. The first kappa shape index (κ1) is 19.8. The molecule has 1 saturated heterocycles. The average Bonchev–Trinajstić information content (AvgIpc) is 3.21. The fourth-order valence-electron chi connectivity index (χ4n) is 4.79. The number of aliphatic hydroxyl groups excluding tert-OH is 1. The summed E-state index contributed by atoms with van der Waals surface area (Å²) in [5, 5.41) is 10.7. The molecule has 1 aromatic heterocycles. The molecule has 1 saturated carbocycles. The van der Waals surface area contributed by atoms with Crippen LogP contribution in [0.1, 0.15) is 23.2 Å². The van der Waals surface area contributed by atoms with Crippen molar-refractivity contribution in [2.45, 2.75) is 25.0 Å². The van der Waals surface area contributed by atoms with E-state index in [1.807, 2.05) is 30.5 Å². The zero-order chi connectivity index (χ0) is 21.4. The Labute approximate surface area is 180 Å². The van der Waals surface area contributed by atoms with E-state index < -0.39 is 12.1 Å². The number of benzene rings is 2. The highest BCUT2D eigenvalue weighted by molar-refractivity contribution is 5.89. The van der Waals surface area contributed by atoms with Gasteiger partial charge in [-0.3, -0.25) is 4.98 Å². The van der Waals surface area contributed by atoms with Crippen LogP contribution in [0.15, 0.2) is 54.7 Å².